The molecule has 1 saturated heterocycles. The summed E-state index contributed by atoms with van der Waals surface area (Å²) in [5.74, 6) is -0.00372. The van der Waals surface area contributed by atoms with Gasteiger partial charge in [0.25, 0.3) is 5.91 Å². The van der Waals surface area contributed by atoms with E-state index in [0.717, 1.165) is 36.8 Å². The Kier molecular flexibility index (Phi) is 4.51. The molecule has 2 aliphatic heterocycles. The predicted molar refractivity (Wildman–Crippen MR) is 111 cm³/mol. The number of carbonyl (C=O) groups excluding carboxylic acids is 1. The molecule has 1 aliphatic carbocycles. The van der Waals surface area contributed by atoms with E-state index in [0.29, 0.717) is 36.6 Å². The summed E-state index contributed by atoms with van der Waals surface area (Å²) in [4.78, 5) is 15.0. The number of hydrogen-bond donors (Lipinski definition) is 0. The van der Waals surface area contributed by atoms with Crippen molar-refractivity contribution in [3.8, 4) is 0 Å². The van der Waals surface area contributed by atoms with Crippen LogP contribution < -0.4 is 0 Å². The van der Waals surface area contributed by atoms with Crippen LogP contribution >= 0.6 is 0 Å². The van der Waals surface area contributed by atoms with Gasteiger partial charge < -0.3 is 4.90 Å². The lowest BCUT2D eigenvalue weighted by Gasteiger charge is -2.38. The lowest BCUT2D eigenvalue weighted by atomic mass is 9.68. The van der Waals surface area contributed by atoms with Crippen molar-refractivity contribution in [3.63, 3.8) is 0 Å². The predicted octanol–water partition coefficient (Wildman–Crippen LogP) is 3.45. The number of carbonyl (C=O) groups is 1. The summed E-state index contributed by atoms with van der Waals surface area (Å²) in [5, 5.41) is 0. The van der Waals surface area contributed by atoms with E-state index in [1.807, 2.05) is 41.3 Å². The lowest BCUT2D eigenvalue weighted by Crippen LogP contribution is -2.37. The van der Waals surface area contributed by atoms with E-state index < -0.39 is 10.0 Å². The lowest BCUT2D eigenvalue weighted by molar-refractivity contribution is 0.0734. The van der Waals surface area contributed by atoms with E-state index >= 15 is 0 Å². The molecule has 1 spiro atoms. The Bertz CT molecular complexity index is 1050. The molecule has 2 heterocycles. The Morgan fingerprint density at radius 3 is 2.41 bits per heavy atom. The second kappa shape index (κ2) is 6.96. The number of fused-ring (bicyclic) bond motifs is 1. The van der Waals surface area contributed by atoms with Gasteiger partial charge in [-0.15, -0.1) is 0 Å². The molecule has 29 heavy (non-hydrogen) atoms. The molecule has 2 aromatic rings. The van der Waals surface area contributed by atoms with E-state index in [-0.39, 0.29) is 11.3 Å². The third-order valence-electron chi connectivity index (χ3n) is 6.95. The Morgan fingerprint density at radius 1 is 0.931 bits per heavy atom. The Labute approximate surface area is 172 Å². The fourth-order valence-electron chi connectivity index (χ4n) is 4.96. The van der Waals surface area contributed by atoms with Gasteiger partial charge in [0, 0.05) is 31.7 Å². The largest absolute Gasteiger partial charge is 0.334 e. The van der Waals surface area contributed by atoms with Gasteiger partial charge in [0.05, 0.1) is 4.90 Å². The van der Waals surface area contributed by atoms with Crippen LogP contribution in [0.5, 0.6) is 0 Å². The van der Waals surface area contributed by atoms with Crippen molar-refractivity contribution < 1.29 is 13.2 Å². The topological polar surface area (TPSA) is 57.7 Å². The number of hydrogen-bond acceptors (Lipinski definition) is 3. The van der Waals surface area contributed by atoms with Crippen LogP contribution in [0.4, 0.5) is 0 Å². The van der Waals surface area contributed by atoms with Gasteiger partial charge in [0.1, 0.15) is 0 Å². The summed E-state index contributed by atoms with van der Waals surface area (Å²) in [6.45, 7) is 2.39. The third kappa shape index (κ3) is 3.28. The SMILES string of the molecule is O=C(c1ccccc1)N1CCc2ccc(S(=O)(=O)N3CCC4(CCC4)C3)cc2C1. The number of benzene rings is 2. The van der Waals surface area contributed by atoms with Gasteiger partial charge in [-0.3, -0.25) is 4.79 Å². The first-order valence-corrected chi connectivity index (χ1v) is 11.9. The number of nitrogens with zero attached hydrogens (tertiary/aromatic N) is 2. The molecule has 1 saturated carbocycles. The molecule has 0 aromatic heterocycles. The molecule has 2 fully saturated rings. The van der Waals surface area contributed by atoms with Gasteiger partial charge in [-0.25, -0.2) is 8.42 Å². The average Bonchev–Trinajstić information content (AvgIpc) is 3.20. The van der Waals surface area contributed by atoms with Crippen LogP contribution in [0.15, 0.2) is 53.4 Å². The maximum atomic E-state index is 13.2. The maximum absolute atomic E-state index is 13.2. The monoisotopic (exact) mass is 410 g/mol. The van der Waals surface area contributed by atoms with E-state index in [2.05, 4.69) is 0 Å². The fourth-order valence-corrected chi connectivity index (χ4v) is 6.57. The average molecular weight is 411 g/mol. The first-order valence-electron chi connectivity index (χ1n) is 10.4. The minimum atomic E-state index is -3.48. The summed E-state index contributed by atoms with van der Waals surface area (Å²) in [7, 11) is -3.48. The molecule has 0 radical (unpaired) electrons. The standard InChI is InChI=1S/C23H26N2O3S/c26-22(19-5-2-1-3-6-19)24-13-9-18-7-8-21(15-20(18)16-24)29(27,28)25-14-12-23(17-25)10-4-11-23/h1-3,5-8,15H,4,9-14,16-17H2. The molecule has 0 N–H and O–H groups in total. The van der Waals surface area contributed by atoms with Crippen molar-refractivity contribution in [2.45, 2.75) is 43.5 Å². The highest BCUT2D eigenvalue weighted by Crippen LogP contribution is 2.49. The molecule has 1 amide bonds. The van der Waals surface area contributed by atoms with Crippen molar-refractivity contribution in [1.29, 1.82) is 0 Å². The molecule has 0 bridgehead atoms. The van der Waals surface area contributed by atoms with Crippen molar-refractivity contribution in [1.82, 2.24) is 9.21 Å². The fraction of sp³-hybridized carbons (Fsp3) is 0.435. The molecular weight excluding hydrogens is 384 g/mol. The number of sulfonamides is 1. The Hall–Kier alpha value is -2.18. The van der Waals surface area contributed by atoms with Crippen LogP contribution in [0.3, 0.4) is 0 Å². The van der Waals surface area contributed by atoms with Crippen LogP contribution in [-0.4, -0.2) is 43.2 Å². The molecule has 0 unspecified atom stereocenters. The second-order valence-corrected chi connectivity index (χ2v) is 10.7. The van der Waals surface area contributed by atoms with E-state index in [4.69, 9.17) is 0 Å². The van der Waals surface area contributed by atoms with Gasteiger partial charge >= 0.3 is 0 Å². The normalized spacial score (nSPS) is 21.0. The van der Waals surface area contributed by atoms with E-state index in [9.17, 15) is 13.2 Å². The van der Waals surface area contributed by atoms with Crippen molar-refractivity contribution in [2.24, 2.45) is 5.41 Å². The summed E-state index contributed by atoms with van der Waals surface area (Å²) in [5.41, 5.74) is 2.99. The molecule has 3 aliphatic rings. The van der Waals surface area contributed by atoms with Crippen LogP contribution in [0.2, 0.25) is 0 Å². The number of amides is 1. The molecule has 5 rings (SSSR count). The van der Waals surface area contributed by atoms with Crippen molar-refractivity contribution >= 4 is 15.9 Å². The molecule has 6 heteroatoms. The summed E-state index contributed by atoms with van der Waals surface area (Å²) >= 11 is 0. The molecule has 2 aromatic carbocycles. The van der Waals surface area contributed by atoms with E-state index in [1.165, 1.54) is 6.42 Å². The highest BCUT2D eigenvalue weighted by molar-refractivity contribution is 7.89. The van der Waals surface area contributed by atoms with E-state index in [1.54, 1.807) is 16.4 Å². The Balaban J connectivity index is 1.38. The zero-order chi connectivity index (χ0) is 20.1. The highest BCUT2D eigenvalue weighted by atomic mass is 32.2. The van der Waals surface area contributed by atoms with Gasteiger partial charge in [-0.05, 0) is 66.5 Å². The maximum Gasteiger partial charge on any atom is 0.254 e. The van der Waals surface area contributed by atoms with Crippen LogP contribution in [0, 0.1) is 5.41 Å². The van der Waals surface area contributed by atoms with Gasteiger partial charge in [0.2, 0.25) is 10.0 Å². The van der Waals surface area contributed by atoms with Gasteiger partial charge in [0.15, 0.2) is 0 Å². The minimum absolute atomic E-state index is 0.00372. The van der Waals surface area contributed by atoms with Crippen LogP contribution in [0.1, 0.15) is 47.2 Å². The second-order valence-electron chi connectivity index (χ2n) is 8.72. The smallest absolute Gasteiger partial charge is 0.254 e. The van der Waals surface area contributed by atoms with Crippen LogP contribution in [-0.2, 0) is 23.0 Å². The van der Waals surface area contributed by atoms with Gasteiger partial charge in [-0.1, -0.05) is 30.7 Å². The summed E-state index contributed by atoms with van der Waals surface area (Å²) in [6, 6.07) is 14.7. The summed E-state index contributed by atoms with van der Waals surface area (Å²) < 4.78 is 28.1. The highest BCUT2D eigenvalue weighted by Gasteiger charge is 2.46. The zero-order valence-electron chi connectivity index (χ0n) is 16.5. The van der Waals surface area contributed by atoms with Crippen LogP contribution in [0.25, 0.3) is 0 Å². The zero-order valence-corrected chi connectivity index (χ0v) is 17.3. The first-order chi connectivity index (χ1) is 14.0. The molecule has 5 nitrogen and oxygen atoms in total. The third-order valence-corrected chi connectivity index (χ3v) is 8.79. The molecular formula is C23H26N2O3S. The summed E-state index contributed by atoms with van der Waals surface area (Å²) in [6.07, 6.45) is 5.26. The van der Waals surface area contributed by atoms with Crippen molar-refractivity contribution in [2.75, 3.05) is 19.6 Å². The Morgan fingerprint density at radius 2 is 1.72 bits per heavy atom. The molecule has 0 atom stereocenters. The van der Waals surface area contributed by atoms with Crippen molar-refractivity contribution in [3.05, 3.63) is 65.2 Å². The van der Waals surface area contributed by atoms with Gasteiger partial charge in [-0.2, -0.15) is 4.31 Å². The number of rotatable bonds is 3. The minimum Gasteiger partial charge on any atom is -0.334 e. The first kappa shape index (κ1) is 18.8. The quantitative estimate of drug-likeness (QED) is 0.779. The molecule has 152 valence electrons.